The minimum absolute atomic E-state index is 0.375. The van der Waals surface area contributed by atoms with Crippen LogP contribution in [-0.4, -0.2) is 20.9 Å². The molecule has 1 atom stereocenters. The maximum absolute atomic E-state index is 5.46. The topological polar surface area (TPSA) is 46.6 Å². The first kappa shape index (κ1) is 35.6. The summed E-state index contributed by atoms with van der Waals surface area (Å²) in [5.41, 5.74) is 14.5. The van der Waals surface area contributed by atoms with Gasteiger partial charge in [-0.15, -0.1) is 0 Å². The van der Waals surface area contributed by atoms with Crippen LogP contribution in [0, 0.1) is 0 Å². The molecule has 0 bridgehead atoms. The smallest absolute Gasteiger partial charge is 0.234 e. The highest BCUT2D eigenvalue weighted by atomic mass is 15.3. The molecule has 292 valence electrons. The van der Waals surface area contributed by atoms with Crippen molar-refractivity contribution in [2.75, 3.05) is 0 Å². The number of rotatable bonds is 6. The predicted octanol–water partition coefficient (Wildman–Crippen LogP) is 13.8. The van der Waals surface area contributed by atoms with Crippen molar-refractivity contribution >= 4 is 55.4 Å². The summed E-state index contributed by atoms with van der Waals surface area (Å²) in [6.45, 7) is 0. The number of aliphatic imine (C=N–C) groups is 2. The Labute approximate surface area is 359 Å². The van der Waals surface area contributed by atoms with E-state index >= 15 is 0 Å². The first-order valence-electron chi connectivity index (χ1n) is 21.1. The van der Waals surface area contributed by atoms with Gasteiger partial charge >= 0.3 is 0 Å². The van der Waals surface area contributed by atoms with Gasteiger partial charge in [-0.1, -0.05) is 200 Å². The van der Waals surface area contributed by atoms with Crippen molar-refractivity contribution in [2.24, 2.45) is 9.98 Å². The van der Waals surface area contributed by atoms with E-state index in [1.54, 1.807) is 0 Å². The van der Waals surface area contributed by atoms with Crippen LogP contribution in [0.15, 0.2) is 234 Å². The van der Waals surface area contributed by atoms with Crippen LogP contribution >= 0.6 is 0 Å². The first-order valence-corrected chi connectivity index (χ1v) is 21.1. The van der Waals surface area contributed by atoms with Crippen LogP contribution in [0.5, 0.6) is 0 Å². The van der Waals surface area contributed by atoms with Crippen LogP contribution < -0.4 is 5.32 Å². The maximum atomic E-state index is 5.46. The molecule has 1 aliphatic heterocycles. The average Bonchev–Trinajstić information content (AvgIpc) is 3.85. The Morgan fingerprint density at radius 3 is 1.40 bits per heavy atom. The lowest BCUT2D eigenvalue weighted by molar-refractivity contribution is 0.668. The Balaban J connectivity index is 1.14. The third kappa shape index (κ3) is 5.94. The summed E-state index contributed by atoms with van der Waals surface area (Å²) in [5.74, 6) is 1.40. The molecule has 0 amide bonds. The maximum Gasteiger partial charge on any atom is 0.234 e. The van der Waals surface area contributed by atoms with Gasteiger partial charge in [0.15, 0.2) is 0 Å². The van der Waals surface area contributed by atoms with Crippen molar-refractivity contribution in [2.45, 2.75) is 6.17 Å². The zero-order valence-corrected chi connectivity index (χ0v) is 33.7. The second-order valence-corrected chi connectivity index (χ2v) is 15.8. The lowest BCUT2D eigenvalue weighted by Crippen LogP contribution is -2.35. The second-order valence-electron chi connectivity index (χ2n) is 15.8. The van der Waals surface area contributed by atoms with Gasteiger partial charge in [0.05, 0.1) is 27.8 Å². The summed E-state index contributed by atoms with van der Waals surface area (Å²) in [6, 6.07) is 80.0. The van der Waals surface area contributed by atoms with E-state index < -0.39 is 0 Å². The molecule has 0 radical (unpaired) electrons. The number of aromatic nitrogens is 2. The van der Waals surface area contributed by atoms with Gasteiger partial charge in [0.25, 0.3) is 0 Å². The van der Waals surface area contributed by atoms with Gasteiger partial charge in [0.1, 0.15) is 12.0 Å². The van der Waals surface area contributed by atoms with Crippen molar-refractivity contribution in [3.63, 3.8) is 0 Å². The summed E-state index contributed by atoms with van der Waals surface area (Å²) >= 11 is 0. The van der Waals surface area contributed by atoms with Crippen molar-refractivity contribution in [3.8, 4) is 39.1 Å². The summed E-state index contributed by atoms with van der Waals surface area (Å²) in [5, 5.41) is 8.39. The van der Waals surface area contributed by atoms with E-state index in [4.69, 9.17) is 9.98 Å². The summed E-state index contributed by atoms with van der Waals surface area (Å²) in [6.07, 6.45) is -0.375. The fourth-order valence-electron chi connectivity index (χ4n) is 9.31. The van der Waals surface area contributed by atoms with Gasteiger partial charge in [-0.3, -0.25) is 4.57 Å². The molecule has 0 saturated carbocycles. The lowest BCUT2D eigenvalue weighted by Gasteiger charge is -2.24. The molecule has 9 aromatic carbocycles. The molecule has 1 N–H and O–H groups in total. The molecule has 0 fully saturated rings. The van der Waals surface area contributed by atoms with Crippen LogP contribution in [0.25, 0.3) is 82.7 Å². The van der Waals surface area contributed by atoms with E-state index in [0.29, 0.717) is 5.96 Å². The number of amidine groups is 1. The van der Waals surface area contributed by atoms with Crippen LogP contribution in [-0.2, 0) is 0 Å². The highest BCUT2D eigenvalue weighted by Gasteiger charge is 2.26. The Hall–Kier alpha value is -8.28. The minimum Gasteiger partial charge on any atom is -0.344 e. The Morgan fingerprint density at radius 1 is 0.355 bits per heavy atom. The largest absolute Gasteiger partial charge is 0.344 e. The van der Waals surface area contributed by atoms with E-state index in [0.717, 1.165) is 83.3 Å². The molecule has 62 heavy (non-hydrogen) atoms. The molecular formula is C57H39N5. The van der Waals surface area contributed by atoms with Crippen LogP contribution in [0.3, 0.4) is 0 Å². The van der Waals surface area contributed by atoms with Crippen LogP contribution in [0.2, 0.25) is 0 Å². The van der Waals surface area contributed by atoms with Crippen molar-refractivity contribution in [1.82, 2.24) is 14.5 Å². The number of hydrogen-bond acceptors (Lipinski definition) is 3. The van der Waals surface area contributed by atoms with Gasteiger partial charge in [-0.05, 0) is 52.1 Å². The van der Waals surface area contributed by atoms with E-state index in [9.17, 15) is 0 Å². The third-order valence-electron chi connectivity index (χ3n) is 12.2. The van der Waals surface area contributed by atoms with E-state index in [1.807, 2.05) is 6.07 Å². The Bertz CT molecular complexity index is 3450. The number of hydrogen-bond donors (Lipinski definition) is 1. The Morgan fingerprint density at radius 2 is 0.823 bits per heavy atom. The van der Waals surface area contributed by atoms with Crippen molar-refractivity contribution < 1.29 is 0 Å². The molecule has 1 aliphatic rings. The first-order chi connectivity index (χ1) is 30.8. The molecule has 12 rings (SSSR count). The second kappa shape index (κ2) is 14.8. The zero-order chi connectivity index (χ0) is 41.0. The van der Waals surface area contributed by atoms with Crippen molar-refractivity contribution in [3.05, 3.63) is 236 Å². The van der Waals surface area contributed by atoms with Crippen molar-refractivity contribution in [1.29, 1.82) is 0 Å². The number of fused-ring (bicyclic) bond motifs is 6. The monoisotopic (exact) mass is 793 g/mol. The number of nitrogens with zero attached hydrogens (tertiary/aromatic N) is 4. The molecule has 0 saturated heterocycles. The van der Waals surface area contributed by atoms with Crippen LogP contribution in [0.4, 0.5) is 0 Å². The highest BCUT2D eigenvalue weighted by molar-refractivity contribution is 6.22. The quantitative estimate of drug-likeness (QED) is 0.179. The van der Waals surface area contributed by atoms with E-state index in [-0.39, 0.29) is 6.17 Å². The molecule has 0 aliphatic carbocycles. The minimum atomic E-state index is -0.375. The highest BCUT2D eigenvalue weighted by Crippen LogP contribution is 2.43. The molecule has 0 spiro atoms. The van der Waals surface area contributed by atoms with Gasteiger partial charge in [-0.25, -0.2) is 4.99 Å². The van der Waals surface area contributed by atoms with Gasteiger partial charge in [0, 0.05) is 38.2 Å². The molecule has 3 heterocycles. The molecular weight excluding hydrogens is 755 g/mol. The summed E-state index contributed by atoms with van der Waals surface area (Å²) in [7, 11) is 0. The van der Waals surface area contributed by atoms with Crippen LogP contribution in [0.1, 0.15) is 17.3 Å². The Kier molecular flexibility index (Phi) is 8.49. The standard InChI is InChI=1S/C57H39N5/c1-5-18-38(19-6-1)39-32-34-43(35-33-39)56-58-55(42-24-11-4-12-25-42)59-57(60-56)62-51-31-16-14-27-47(51)49-36-48-46-26-13-15-30-50(46)61(52(48)37-53(49)62)54-44(40-20-7-2-8-21-40)28-17-29-45(54)41-22-9-3-10-23-41/h1-37,56H,(H,58,59,60). The zero-order valence-electron chi connectivity index (χ0n) is 33.7. The molecule has 1 unspecified atom stereocenters. The fourth-order valence-corrected chi connectivity index (χ4v) is 9.31. The number of nitrogens with one attached hydrogen (secondary N) is 1. The SMILES string of the molecule is c1ccc(C2=NC(n3c4ccccc4c4cc5c6ccccc6n(-c6c(-c7ccccc7)cccc6-c6ccccc6)c5cc43)=NC(c3ccc(-c4ccccc4)cc3)N2)cc1. The summed E-state index contributed by atoms with van der Waals surface area (Å²) < 4.78 is 4.75. The number of benzene rings is 9. The van der Waals surface area contributed by atoms with Gasteiger partial charge in [-0.2, -0.15) is 4.99 Å². The molecule has 5 heteroatoms. The number of para-hydroxylation sites is 3. The van der Waals surface area contributed by atoms with Gasteiger partial charge in [0.2, 0.25) is 5.96 Å². The molecule has 5 nitrogen and oxygen atoms in total. The molecule has 2 aromatic heterocycles. The normalized spacial score (nSPS) is 14.0. The molecule has 11 aromatic rings. The van der Waals surface area contributed by atoms with E-state index in [2.05, 4.69) is 233 Å². The average molecular weight is 794 g/mol. The van der Waals surface area contributed by atoms with E-state index in [1.165, 1.54) is 16.3 Å². The third-order valence-corrected chi connectivity index (χ3v) is 12.2. The summed E-state index contributed by atoms with van der Waals surface area (Å²) in [4.78, 5) is 10.8. The fraction of sp³-hybridized carbons (Fsp3) is 0.0175. The lowest BCUT2D eigenvalue weighted by atomic mass is 9.95. The van der Waals surface area contributed by atoms with Gasteiger partial charge < -0.3 is 9.88 Å². The predicted molar refractivity (Wildman–Crippen MR) is 258 cm³/mol.